The van der Waals surface area contributed by atoms with Gasteiger partial charge in [0.25, 0.3) is 0 Å². The molecule has 0 amide bonds. The number of benzene rings is 1. The number of hydrogen-bond acceptors (Lipinski definition) is 2. The van der Waals surface area contributed by atoms with Crippen LogP contribution in [0.1, 0.15) is 44.7 Å². The van der Waals surface area contributed by atoms with Crippen molar-refractivity contribution in [2.75, 3.05) is 6.54 Å². The van der Waals surface area contributed by atoms with Gasteiger partial charge in [0, 0.05) is 30.7 Å². The molecule has 3 rings (SSSR count). The van der Waals surface area contributed by atoms with E-state index in [4.69, 9.17) is 0 Å². The third-order valence-corrected chi connectivity index (χ3v) is 4.42. The van der Waals surface area contributed by atoms with E-state index in [1.165, 1.54) is 31.4 Å². The minimum Gasteiger partial charge on any atom is -0.306 e. The number of hydrogen-bond donors (Lipinski definition) is 1. The third-order valence-electron chi connectivity index (χ3n) is 4.42. The number of nitrogens with zero attached hydrogens (tertiary/aromatic N) is 1. The van der Waals surface area contributed by atoms with Gasteiger partial charge >= 0.3 is 0 Å². The Balaban J connectivity index is 1.57. The third kappa shape index (κ3) is 2.60. The zero-order chi connectivity index (χ0) is 12.5. The quantitative estimate of drug-likeness (QED) is 0.876. The summed E-state index contributed by atoms with van der Waals surface area (Å²) in [7, 11) is 0. The van der Waals surface area contributed by atoms with Crippen LogP contribution in [0, 0.1) is 0 Å². The molecule has 1 aromatic rings. The van der Waals surface area contributed by atoms with Crippen LogP contribution in [0.4, 0.5) is 0 Å². The predicted octanol–water partition coefficient (Wildman–Crippen LogP) is 2.96. The van der Waals surface area contributed by atoms with Crippen LogP contribution in [0.3, 0.4) is 0 Å². The molecule has 1 aromatic carbocycles. The average Bonchev–Trinajstić information content (AvgIpc) is 3.15. The maximum Gasteiger partial charge on any atom is 0.0294 e. The first kappa shape index (κ1) is 12.2. The molecular formula is C16H24N2. The second kappa shape index (κ2) is 5.02. The van der Waals surface area contributed by atoms with Crippen LogP contribution >= 0.6 is 0 Å². The largest absolute Gasteiger partial charge is 0.306 e. The first-order chi connectivity index (χ1) is 8.74. The fourth-order valence-corrected chi connectivity index (χ4v) is 3.28. The van der Waals surface area contributed by atoms with Gasteiger partial charge in [0.2, 0.25) is 0 Å². The highest BCUT2D eigenvalue weighted by Crippen LogP contribution is 2.33. The summed E-state index contributed by atoms with van der Waals surface area (Å²) in [4.78, 5) is 2.70. The number of nitrogens with one attached hydrogen (secondary N) is 1. The molecule has 2 nitrogen and oxygen atoms in total. The van der Waals surface area contributed by atoms with E-state index in [1.54, 1.807) is 0 Å². The van der Waals surface area contributed by atoms with Crippen LogP contribution in [0.5, 0.6) is 0 Å². The maximum absolute atomic E-state index is 3.80. The molecular weight excluding hydrogens is 220 g/mol. The molecule has 1 N–H and O–H groups in total. The second-order valence-corrected chi connectivity index (χ2v) is 6.01. The summed E-state index contributed by atoms with van der Waals surface area (Å²) in [6, 6.07) is 13.6. The Morgan fingerprint density at radius 2 is 1.94 bits per heavy atom. The lowest BCUT2D eigenvalue weighted by Gasteiger charge is -2.21. The van der Waals surface area contributed by atoms with E-state index in [0.29, 0.717) is 12.1 Å². The van der Waals surface area contributed by atoms with E-state index < -0.39 is 0 Å². The molecule has 0 aromatic heterocycles. The van der Waals surface area contributed by atoms with Gasteiger partial charge in [-0.05, 0) is 38.7 Å². The Labute approximate surface area is 110 Å². The summed E-state index contributed by atoms with van der Waals surface area (Å²) < 4.78 is 0. The standard InChI is InChI=1S/C16H24N2/c1-12-10-15(11-18(12)16-8-9-16)17-13(2)14-6-4-3-5-7-14/h3-7,12-13,15-17H,8-11H2,1-2H3/t12?,13-,15?/m0/s1. The Bertz CT molecular complexity index is 385. The Kier molecular flexibility index (Phi) is 3.40. The van der Waals surface area contributed by atoms with Gasteiger partial charge in [0.05, 0.1) is 0 Å². The zero-order valence-corrected chi connectivity index (χ0v) is 11.5. The second-order valence-electron chi connectivity index (χ2n) is 6.01. The highest BCUT2D eigenvalue weighted by Gasteiger charge is 2.38. The highest BCUT2D eigenvalue weighted by atomic mass is 15.3. The summed E-state index contributed by atoms with van der Waals surface area (Å²) in [5, 5.41) is 3.80. The molecule has 98 valence electrons. The van der Waals surface area contributed by atoms with Crippen molar-refractivity contribution in [2.45, 2.75) is 57.3 Å². The molecule has 2 unspecified atom stereocenters. The molecule has 1 saturated carbocycles. The van der Waals surface area contributed by atoms with Crippen molar-refractivity contribution in [1.82, 2.24) is 10.2 Å². The Morgan fingerprint density at radius 1 is 1.22 bits per heavy atom. The lowest BCUT2D eigenvalue weighted by atomic mass is 10.1. The van der Waals surface area contributed by atoms with Crippen LogP contribution in [0.15, 0.2) is 30.3 Å². The summed E-state index contributed by atoms with van der Waals surface area (Å²) in [5.41, 5.74) is 1.40. The van der Waals surface area contributed by atoms with Gasteiger partial charge in [-0.25, -0.2) is 0 Å². The fraction of sp³-hybridized carbons (Fsp3) is 0.625. The van der Waals surface area contributed by atoms with Crippen molar-refractivity contribution in [3.63, 3.8) is 0 Å². The lowest BCUT2D eigenvalue weighted by molar-refractivity contribution is 0.254. The van der Waals surface area contributed by atoms with Crippen LogP contribution in [0.25, 0.3) is 0 Å². The first-order valence-electron chi connectivity index (χ1n) is 7.31. The molecule has 2 aliphatic rings. The van der Waals surface area contributed by atoms with Gasteiger partial charge < -0.3 is 5.32 Å². The molecule has 1 heterocycles. The van der Waals surface area contributed by atoms with Crippen LogP contribution in [-0.4, -0.2) is 29.6 Å². The molecule has 0 spiro atoms. The maximum atomic E-state index is 3.80. The fourth-order valence-electron chi connectivity index (χ4n) is 3.28. The normalized spacial score (nSPS) is 30.6. The SMILES string of the molecule is CC1CC(N[C@@H](C)c2ccccc2)CN1C1CC1. The van der Waals surface area contributed by atoms with Gasteiger partial charge in [-0.1, -0.05) is 30.3 Å². The molecule has 0 bridgehead atoms. The van der Waals surface area contributed by atoms with E-state index in [2.05, 4.69) is 54.4 Å². The first-order valence-corrected chi connectivity index (χ1v) is 7.31. The Morgan fingerprint density at radius 3 is 2.61 bits per heavy atom. The number of rotatable bonds is 4. The Hall–Kier alpha value is -0.860. The smallest absolute Gasteiger partial charge is 0.0294 e. The molecule has 3 atom stereocenters. The minimum absolute atomic E-state index is 0.461. The molecule has 1 saturated heterocycles. The predicted molar refractivity (Wildman–Crippen MR) is 75.6 cm³/mol. The number of likely N-dealkylation sites (tertiary alicyclic amines) is 1. The van der Waals surface area contributed by atoms with Crippen molar-refractivity contribution >= 4 is 0 Å². The topological polar surface area (TPSA) is 15.3 Å². The van der Waals surface area contributed by atoms with E-state index >= 15 is 0 Å². The molecule has 2 fully saturated rings. The lowest BCUT2D eigenvalue weighted by Crippen LogP contribution is -2.35. The molecule has 1 aliphatic heterocycles. The van der Waals surface area contributed by atoms with Crippen molar-refractivity contribution in [3.05, 3.63) is 35.9 Å². The van der Waals surface area contributed by atoms with Crippen molar-refractivity contribution < 1.29 is 0 Å². The molecule has 2 heteroatoms. The average molecular weight is 244 g/mol. The van der Waals surface area contributed by atoms with Gasteiger partial charge in [0.15, 0.2) is 0 Å². The monoisotopic (exact) mass is 244 g/mol. The zero-order valence-electron chi connectivity index (χ0n) is 11.5. The highest BCUT2D eigenvalue weighted by molar-refractivity contribution is 5.18. The minimum atomic E-state index is 0.461. The van der Waals surface area contributed by atoms with Crippen molar-refractivity contribution in [3.8, 4) is 0 Å². The van der Waals surface area contributed by atoms with Gasteiger partial charge in [0.1, 0.15) is 0 Å². The van der Waals surface area contributed by atoms with E-state index in [1.807, 2.05) is 0 Å². The molecule has 18 heavy (non-hydrogen) atoms. The van der Waals surface area contributed by atoms with E-state index in [-0.39, 0.29) is 0 Å². The van der Waals surface area contributed by atoms with E-state index in [0.717, 1.165) is 12.1 Å². The van der Waals surface area contributed by atoms with Gasteiger partial charge in [-0.3, -0.25) is 4.90 Å². The summed E-state index contributed by atoms with van der Waals surface area (Å²) in [6.07, 6.45) is 4.14. The van der Waals surface area contributed by atoms with Gasteiger partial charge in [-0.15, -0.1) is 0 Å². The summed E-state index contributed by atoms with van der Waals surface area (Å²) in [5.74, 6) is 0. The van der Waals surface area contributed by atoms with E-state index in [9.17, 15) is 0 Å². The van der Waals surface area contributed by atoms with Crippen LogP contribution in [0.2, 0.25) is 0 Å². The van der Waals surface area contributed by atoms with Crippen LogP contribution in [-0.2, 0) is 0 Å². The summed E-state index contributed by atoms with van der Waals surface area (Å²) >= 11 is 0. The molecule has 1 aliphatic carbocycles. The van der Waals surface area contributed by atoms with Crippen molar-refractivity contribution in [1.29, 1.82) is 0 Å². The summed E-state index contributed by atoms with van der Waals surface area (Å²) in [6.45, 7) is 5.90. The van der Waals surface area contributed by atoms with Crippen LogP contribution < -0.4 is 5.32 Å². The molecule has 0 radical (unpaired) electrons. The van der Waals surface area contributed by atoms with Crippen molar-refractivity contribution in [2.24, 2.45) is 0 Å². The van der Waals surface area contributed by atoms with Gasteiger partial charge in [-0.2, -0.15) is 0 Å².